The van der Waals surface area contributed by atoms with Crippen LogP contribution in [0.3, 0.4) is 0 Å². The number of fused-ring (bicyclic) bond motifs is 1. The SMILES string of the molecule is CCOc1ccc(N2C(=O)c3ccc(C(=O)NCCCc4ccc(N(C)C)cc4)cc3C2=O)cc1. The van der Waals surface area contributed by atoms with Crippen molar-refractivity contribution in [3.8, 4) is 5.75 Å². The predicted octanol–water partition coefficient (Wildman–Crippen LogP) is 4.31. The first-order valence-electron chi connectivity index (χ1n) is 11.7. The van der Waals surface area contributed by atoms with Gasteiger partial charge in [-0.3, -0.25) is 14.4 Å². The second-order valence-electron chi connectivity index (χ2n) is 8.55. The molecule has 3 amide bonds. The molecule has 1 aliphatic rings. The summed E-state index contributed by atoms with van der Waals surface area (Å²) < 4.78 is 5.43. The number of nitrogens with one attached hydrogen (secondary N) is 1. The molecule has 3 aromatic rings. The number of benzene rings is 3. The third kappa shape index (κ3) is 5.19. The van der Waals surface area contributed by atoms with E-state index in [1.54, 1.807) is 36.4 Å². The molecule has 3 aromatic carbocycles. The van der Waals surface area contributed by atoms with E-state index in [2.05, 4.69) is 34.5 Å². The Morgan fingerprint density at radius 2 is 1.60 bits per heavy atom. The third-order valence-corrected chi connectivity index (χ3v) is 5.94. The van der Waals surface area contributed by atoms with Crippen LogP contribution >= 0.6 is 0 Å². The molecule has 1 aliphatic heterocycles. The number of aryl methyl sites for hydroxylation is 1. The van der Waals surface area contributed by atoms with E-state index in [9.17, 15) is 14.4 Å². The van der Waals surface area contributed by atoms with Crippen LogP contribution in [0.25, 0.3) is 0 Å². The zero-order chi connectivity index (χ0) is 24.9. The second kappa shape index (κ2) is 10.4. The second-order valence-corrected chi connectivity index (χ2v) is 8.55. The molecular formula is C28H29N3O4. The molecule has 0 aromatic heterocycles. The van der Waals surface area contributed by atoms with Crippen molar-refractivity contribution in [2.24, 2.45) is 0 Å². The maximum atomic E-state index is 13.0. The van der Waals surface area contributed by atoms with Gasteiger partial charge in [0.05, 0.1) is 23.4 Å². The molecule has 0 aliphatic carbocycles. The Balaban J connectivity index is 1.37. The number of nitrogens with zero attached hydrogens (tertiary/aromatic N) is 2. The van der Waals surface area contributed by atoms with E-state index in [-0.39, 0.29) is 11.5 Å². The lowest BCUT2D eigenvalue weighted by atomic mass is 10.1. The zero-order valence-electron chi connectivity index (χ0n) is 20.2. The molecule has 0 radical (unpaired) electrons. The van der Waals surface area contributed by atoms with Gasteiger partial charge in [0, 0.05) is 31.9 Å². The summed E-state index contributed by atoms with van der Waals surface area (Å²) in [6.07, 6.45) is 1.64. The minimum absolute atomic E-state index is 0.234. The molecule has 35 heavy (non-hydrogen) atoms. The van der Waals surface area contributed by atoms with Gasteiger partial charge in [0.1, 0.15) is 5.75 Å². The smallest absolute Gasteiger partial charge is 0.266 e. The van der Waals surface area contributed by atoms with Gasteiger partial charge in [-0.25, -0.2) is 4.90 Å². The summed E-state index contributed by atoms with van der Waals surface area (Å²) in [5, 5.41) is 2.91. The van der Waals surface area contributed by atoms with Crippen molar-refractivity contribution in [3.05, 3.63) is 89.0 Å². The Kier molecular flexibility index (Phi) is 7.15. The molecule has 0 bridgehead atoms. The Morgan fingerprint density at radius 1 is 0.914 bits per heavy atom. The van der Waals surface area contributed by atoms with E-state index in [0.717, 1.165) is 23.4 Å². The Hall–Kier alpha value is -4.13. The topological polar surface area (TPSA) is 79.0 Å². The summed E-state index contributed by atoms with van der Waals surface area (Å²) in [5.74, 6) is -0.445. The number of imide groups is 1. The van der Waals surface area contributed by atoms with Gasteiger partial charge >= 0.3 is 0 Å². The molecule has 1 N–H and O–H groups in total. The number of hydrogen-bond donors (Lipinski definition) is 1. The highest BCUT2D eigenvalue weighted by molar-refractivity contribution is 6.34. The first-order chi connectivity index (χ1) is 16.9. The van der Waals surface area contributed by atoms with E-state index >= 15 is 0 Å². The Labute approximate surface area is 205 Å². The molecule has 0 spiro atoms. The average molecular weight is 472 g/mol. The highest BCUT2D eigenvalue weighted by Gasteiger charge is 2.37. The quantitative estimate of drug-likeness (QED) is 0.372. The number of rotatable bonds is 9. The van der Waals surface area contributed by atoms with Gasteiger partial charge in [0.2, 0.25) is 0 Å². The highest BCUT2D eigenvalue weighted by Crippen LogP contribution is 2.30. The van der Waals surface area contributed by atoms with E-state index in [0.29, 0.717) is 35.7 Å². The minimum Gasteiger partial charge on any atom is -0.494 e. The first kappa shape index (κ1) is 24.0. The lowest BCUT2D eigenvalue weighted by Gasteiger charge is -2.14. The molecule has 1 heterocycles. The van der Waals surface area contributed by atoms with Crippen molar-refractivity contribution in [2.75, 3.05) is 37.0 Å². The lowest BCUT2D eigenvalue weighted by molar-refractivity contribution is 0.0923. The third-order valence-electron chi connectivity index (χ3n) is 5.94. The Bertz CT molecular complexity index is 1230. The van der Waals surface area contributed by atoms with Crippen LogP contribution < -0.4 is 19.9 Å². The molecule has 7 heteroatoms. The fourth-order valence-electron chi connectivity index (χ4n) is 4.03. The summed E-state index contributed by atoms with van der Waals surface area (Å²) >= 11 is 0. The summed E-state index contributed by atoms with van der Waals surface area (Å²) in [5.41, 5.74) is 3.70. The molecule has 4 rings (SSSR count). The van der Waals surface area contributed by atoms with Gasteiger partial charge in [-0.05, 0) is 79.9 Å². The van der Waals surface area contributed by atoms with Crippen LogP contribution in [0, 0.1) is 0 Å². The van der Waals surface area contributed by atoms with Crippen LogP contribution in [0.1, 0.15) is 50.0 Å². The van der Waals surface area contributed by atoms with Crippen molar-refractivity contribution in [1.82, 2.24) is 5.32 Å². The van der Waals surface area contributed by atoms with Crippen molar-refractivity contribution in [3.63, 3.8) is 0 Å². The predicted molar refractivity (Wildman–Crippen MR) is 137 cm³/mol. The molecule has 0 unspecified atom stereocenters. The minimum atomic E-state index is -0.440. The first-order valence-corrected chi connectivity index (χ1v) is 11.7. The summed E-state index contributed by atoms with van der Waals surface area (Å²) in [7, 11) is 4.01. The normalized spacial score (nSPS) is 12.5. The monoisotopic (exact) mass is 471 g/mol. The molecule has 180 valence electrons. The molecule has 0 fully saturated rings. The number of carbonyl (C=O) groups is 3. The van der Waals surface area contributed by atoms with E-state index < -0.39 is 11.8 Å². The summed E-state index contributed by atoms with van der Waals surface area (Å²) in [6, 6.07) is 19.8. The number of ether oxygens (including phenoxy) is 1. The number of carbonyl (C=O) groups excluding carboxylic acids is 3. The van der Waals surface area contributed by atoms with Crippen LogP contribution in [-0.4, -0.2) is 45.0 Å². The maximum absolute atomic E-state index is 13.0. The van der Waals surface area contributed by atoms with E-state index in [1.807, 2.05) is 21.0 Å². The lowest BCUT2D eigenvalue weighted by Crippen LogP contribution is -2.29. The van der Waals surface area contributed by atoms with Crippen LogP contribution in [0.4, 0.5) is 11.4 Å². The standard InChI is InChI=1S/C28H29N3O4/c1-4-35-23-14-12-22(13-15-23)31-27(33)24-16-9-20(18-25(24)28(31)34)26(32)29-17-5-6-19-7-10-21(11-8-19)30(2)3/h7-16,18H,4-6,17H2,1-3H3,(H,29,32). The largest absolute Gasteiger partial charge is 0.494 e. The number of hydrogen-bond acceptors (Lipinski definition) is 5. The van der Waals surface area contributed by atoms with Crippen molar-refractivity contribution < 1.29 is 19.1 Å². The molecule has 0 atom stereocenters. The van der Waals surface area contributed by atoms with E-state index in [1.165, 1.54) is 11.6 Å². The van der Waals surface area contributed by atoms with Crippen molar-refractivity contribution >= 4 is 29.1 Å². The molecule has 0 saturated heterocycles. The van der Waals surface area contributed by atoms with Gasteiger partial charge in [0.25, 0.3) is 17.7 Å². The Morgan fingerprint density at radius 3 is 2.26 bits per heavy atom. The zero-order valence-corrected chi connectivity index (χ0v) is 20.2. The van der Waals surface area contributed by atoms with Crippen LogP contribution in [0.2, 0.25) is 0 Å². The van der Waals surface area contributed by atoms with Gasteiger partial charge in [-0.15, -0.1) is 0 Å². The van der Waals surface area contributed by atoms with Crippen LogP contribution in [0.5, 0.6) is 5.75 Å². The fourth-order valence-corrected chi connectivity index (χ4v) is 4.03. The van der Waals surface area contributed by atoms with Crippen molar-refractivity contribution in [1.29, 1.82) is 0 Å². The average Bonchev–Trinajstić information content (AvgIpc) is 3.12. The number of anilines is 2. The van der Waals surface area contributed by atoms with Crippen LogP contribution in [-0.2, 0) is 6.42 Å². The van der Waals surface area contributed by atoms with Gasteiger partial charge in [-0.1, -0.05) is 12.1 Å². The van der Waals surface area contributed by atoms with Gasteiger partial charge < -0.3 is 15.0 Å². The molecule has 0 saturated carbocycles. The fraction of sp³-hybridized carbons (Fsp3) is 0.250. The van der Waals surface area contributed by atoms with Gasteiger partial charge in [-0.2, -0.15) is 0 Å². The maximum Gasteiger partial charge on any atom is 0.266 e. The summed E-state index contributed by atoms with van der Waals surface area (Å²) in [6.45, 7) is 2.92. The summed E-state index contributed by atoms with van der Waals surface area (Å²) in [4.78, 5) is 41.7. The number of amides is 3. The highest BCUT2D eigenvalue weighted by atomic mass is 16.5. The molecule has 7 nitrogen and oxygen atoms in total. The van der Waals surface area contributed by atoms with E-state index in [4.69, 9.17) is 4.74 Å². The van der Waals surface area contributed by atoms with Crippen molar-refractivity contribution in [2.45, 2.75) is 19.8 Å². The van der Waals surface area contributed by atoms with Gasteiger partial charge in [0.15, 0.2) is 0 Å². The molecular weight excluding hydrogens is 442 g/mol. The van der Waals surface area contributed by atoms with Crippen LogP contribution in [0.15, 0.2) is 66.7 Å².